The Labute approximate surface area is 119 Å². The standard InChI is InChI=1S/C16H20O4/c1-16(2)19-11-14(20-16)15-13(8-9-17-15)18-10-12-6-4-3-5-7-12/h3-9,13-15H,10-11H2,1-2H3/t13-,14+,15+/m0/s1. The molecule has 0 amide bonds. The Morgan fingerprint density at radius 2 is 2.05 bits per heavy atom. The van der Waals surface area contributed by atoms with Gasteiger partial charge in [0.2, 0.25) is 0 Å². The van der Waals surface area contributed by atoms with Gasteiger partial charge in [0.05, 0.1) is 19.5 Å². The summed E-state index contributed by atoms with van der Waals surface area (Å²) in [5, 5.41) is 0. The largest absolute Gasteiger partial charge is 0.492 e. The van der Waals surface area contributed by atoms with Gasteiger partial charge in [-0.15, -0.1) is 0 Å². The van der Waals surface area contributed by atoms with E-state index in [2.05, 4.69) is 0 Å². The summed E-state index contributed by atoms with van der Waals surface area (Å²) in [6.45, 7) is 4.92. The Balaban J connectivity index is 1.57. The number of hydrogen-bond donors (Lipinski definition) is 0. The Morgan fingerprint density at radius 3 is 2.75 bits per heavy atom. The maximum absolute atomic E-state index is 5.93. The Hall–Kier alpha value is -1.36. The van der Waals surface area contributed by atoms with Crippen LogP contribution in [0.2, 0.25) is 0 Å². The molecule has 0 spiro atoms. The molecule has 2 aliphatic rings. The Bertz CT molecular complexity index is 469. The highest BCUT2D eigenvalue weighted by Gasteiger charge is 2.42. The van der Waals surface area contributed by atoms with Gasteiger partial charge < -0.3 is 18.9 Å². The average molecular weight is 276 g/mol. The lowest BCUT2D eigenvalue weighted by molar-refractivity contribution is -0.159. The molecular weight excluding hydrogens is 256 g/mol. The van der Waals surface area contributed by atoms with Crippen molar-refractivity contribution < 1.29 is 18.9 Å². The maximum atomic E-state index is 5.93. The van der Waals surface area contributed by atoms with E-state index >= 15 is 0 Å². The molecule has 0 N–H and O–H groups in total. The lowest BCUT2D eigenvalue weighted by atomic mass is 10.1. The third kappa shape index (κ3) is 3.03. The predicted molar refractivity (Wildman–Crippen MR) is 73.9 cm³/mol. The van der Waals surface area contributed by atoms with E-state index in [0.717, 1.165) is 5.56 Å². The van der Waals surface area contributed by atoms with Crippen molar-refractivity contribution in [3.8, 4) is 0 Å². The first-order chi connectivity index (χ1) is 9.64. The second kappa shape index (κ2) is 5.56. The first-order valence-electron chi connectivity index (χ1n) is 6.93. The highest BCUT2D eigenvalue weighted by atomic mass is 16.8. The maximum Gasteiger partial charge on any atom is 0.163 e. The number of hydrogen-bond acceptors (Lipinski definition) is 4. The van der Waals surface area contributed by atoms with E-state index in [1.807, 2.05) is 50.3 Å². The first-order valence-corrected chi connectivity index (χ1v) is 6.93. The second-order valence-electron chi connectivity index (χ2n) is 5.56. The molecule has 4 nitrogen and oxygen atoms in total. The smallest absolute Gasteiger partial charge is 0.163 e. The molecule has 2 heterocycles. The summed E-state index contributed by atoms with van der Waals surface area (Å²) in [5.41, 5.74) is 1.15. The molecule has 0 bridgehead atoms. The van der Waals surface area contributed by atoms with E-state index in [1.54, 1.807) is 6.26 Å². The van der Waals surface area contributed by atoms with E-state index in [9.17, 15) is 0 Å². The summed E-state index contributed by atoms with van der Waals surface area (Å²) in [5.74, 6) is -0.541. The summed E-state index contributed by atoms with van der Waals surface area (Å²) in [4.78, 5) is 0. The Kier molecular flexibility index (Phi) is 3.78. The van der Waals surface area contributed by atoms with Crippen LogP contribution in [-0.4, -0.2) is 30.7 Å². The highest BCUT2D eigenvalue weighted by Crippen LogP contribution is 2.30. The van der Waals surface area contributed by atoms with Crippen LogP contribution in [0.25, 0.3) is 0 Å². The third-order valence-electron chi connectivity index (χ3n) is 3.51. The summed E-state index contributed by atoms with van der Waals surface area (Å²) in [6, 6.07) is 10.1. The molecule has 0 aromatic heterocycles. The molecular formula is C16H20O4. The summed E-state index contributed by atoms with van der Waals surface area (Å²) >= 11 is 0. The van der Waals surface area contributed by atoms with E-state index in [-0.39, 0.29) is 18.3 Å². The zero-order chi connectivity index (χ0) is 14.0. The fraction of sp³-hybridized carbons (Fsp3) is 0.500. The molecule has 0 radical (unpaired) electrons. The zero-order valence-electron chi connectivity index (χ0n) is 11.8. The number of benzene rings is 1. The third-order valence-corrected chi connectivity index (χ3v) is 3.51. The lowest BCUT2D eigenvalue weighted by Crippen LogP contribution is -2.39. The van der Waals surface area contributed by atoms with Crippen molar-refractivity contribution in [2.45, 2.75) is 44.6 Å². The fourth-order valence-electron chi connectivity index (χ4n) is 2.49. The van der Waals surface area contributed by atoms with E-state index in [0.29, 0.717) is 13.2 Å². The van der Waals surface area contributed by atoms with Gasteiger partial charge in [0, 0.05) is 0 Å². The molecule has 0 saturated carbocycles. The molecule has 1 aromatic rings. The molecule has 4 heteroatoms. The SMILES string of the molecule is CC1(C)OC[C@H]([C@@H]2OC=C[C@@H]2OCc2ccccc2)O1. The van der Waals surface area contributed by atoms with Crippen LogP contribution in [0.15, 0.2) is 42.7 Å². The highest BCUT2D eigenvalue weighted by molar-refractivity contribution is 5.14. The van der Waals surface area contributed by atoms with Crippen LogP contribution in [0.3, 0.4) is 0 Å². The van der Waals surface area contributed by atoms with Gasteiger partial charge >= 0.3 is 0 Å². The van der Waals surface area contributed by atoms with Crippen molar-refractivity contribution in [3.05, 3.63) is 48.2 Å². The molecule has 20 heavy (non-hydrogen) atoms. The molecule has 1 aromatic carbocycles. The van der Waals surface area contributed by atoms with Gasteiger partial charge in [0.15, 0.2) is 11.9 Å². The number of ether oxygens (including phenoxy) is 4. The second-order valence-corrected chi connectivity index (χ2v) is 5.56. The van der Waals surface area contributed by atoms with Gasteiger partial charge in [-0.2, -0.15) is 0 Å². The van der Waals surface area contributed by atoms with Crippen LogP contribution in [-0.2, 0) is 25.6 Å². The van der Waals surface area contributed by atoms with Crippen molar-refractivity contribution in [2.24, 2.45) is 0 Å². The van der Waals surface area contributed by atoms with Crippen LogP contribution >= 0.6 is 0 Å². The van der Waals surface area contributed by atoms with E-state index < -0.39 is 5.79 Å². The first kappa shape index (κ1) is 13.6. The van der Waals surface area contributed by atoms with Gasteiger partial charge in [-0.25, -0.2) is 0 Å². The monoisotopic (exact) mass is 276 g/mol. The van der Waals surface area contributed by atoms with Crippen molar-refractivity contribution in [1.82, 2.24) is 0 Å². The van der Waals surface area contributed by atoms with Crippen molar-refractivity contribution in [3.63, 3.8) is 0 Å². The van der Waals surface area contributed by atoms with Crippen LogP contribution in [0, 0.1) is 0 Å². The molecule has 108 valence electrons. The minimum Gasteiger partial charge on any atom is -0.492 e. The summed E-state index contributed by atoms with van der Waals surface area (Å²) in [6.07, 6.45) is 3.29. The molecule has 1 saturated heterocycles. The van der Waals surface area contributed by atoms with Crippen LogP contribution in [0.1, 0.15) is 19.4 Å². The summed E-state index contributed by atoms with van der Waals surface area (Å²) < 4.78 is 23.0. The van der Waals surface area contributed by atoms with Gasteiger partial charge in [-0.3, -0.25) is 0 Å². The predicted octanol–water partition coefficient (Wildman–Crippen LogP) is 2.64. The molecule has 0 unspecified atom stereocenters. The van der Waals surface area contributed by atoms with Crippen molar-refractivity contribution >= 4 is 0 Å². The summed E-state index contributed by atoms with van der Waals surface area (Å²) in [7, 11) is 0. The van der Waals surface area contributed by atoms with Gasteiger partial charge in [-0.05, 0) is 25.5 Å². The van der Waals surface area contributed by atoms with Crippen LogP contribution in [0.4, 0.5) is 0 Å². The molecule has 2 aliphatic heterocycles. The van der Waals surface area contributed by atoms with E-state index in [4.69, 9.17) is 18.9 Å². The average Bonchev–Trinajstić information content (AvgIpc) is 3.03. The topological polar surface area (TPSA) is 36.9 Å². The number of rotatable bonds is 4. The van der Waals surface area contributed by atoms with Crippen molar-refractivity contribution in [2.75, 3.05) is 6.61 Å². The molecule has 1 fully saturated rings. The quantitative estimate of drug-likeness (QED) is 0.847. The van der Waals surface area contributed by atoms with Crippen LogP contribution in [0.5, 0.6) is 0 Å². The van der Waals surface area contributed by atoms with Gasteiger partial charge in [-0.1, -0.05) is 30.3 Å². The molecule has 3 atom stereocenters. The minimum absolute atomic E-state index is 0.0965. The van der Waals surface area contributed by atoms with Gasteiger partial charge in [0.25, 0.3) is 0 Å². The van der Waals surface area contributed by atoms with Gasteiger partial charge in [0.1, 0.15) is 12.2 Å². The lowest BCUT2D eigenvalue weighted by Gasteiger charge is -2.25. The fourth-order valence-corrected chi connectivity index (χ4v) is 2.49. The normalized spacial score (nSPS) is 31.4. The molecule has 3 rings (SSSR count). The Morgan fingerprint density at radius 1 is 1.25 bits per heavy atom. The zero-order valence-corrected chi connectivity index (χ0v) is 11.8. The van der Waals surface area contributed by atoms with Crippen molar-refractivity contribution in [1.29, 1.82) is 0 Å². The van der Waals surface area contributed by atoms with Crippen LogP contribution < -0.4 is 0 Å². The minimum atomic E-state index is -0.541. The van der Waals surface area contributed by atoms with E-state index in [1.165, 1.54) is 0 Å². The molecule has 0 aliphatic carbocycles.